The summed E-state index contributed by atoms with van der Waals surface area (Å²) in [6.07, 6.45) is 0. The van der Waals surface area contributed by atoms with Gasteiger partial charge in [-0.1, -0.05) is 54.6 Å². The van der Waals surface area contributed by atoms with Gasteiger partial charge in [0.2, 0.25) is 6.54 Å². The van der Waals surface area contributed by atoms with E-state index in [1.165, 1.54) is 5.56 Å². The van der Waals surface area contributed by atoms with Crippen molar-refractivity contribution in [1.29, 1.82) is 0 Å². The maximum Gasteiger partial charge on any atom is 0.240 e. The maximum atomic E-state index is 6.92. The summed E-state index contributed by atoms with van der Waals surface area (Å²) in [5.74, 6) is 0. The summed E-state index contributed by atoms with van der Waals surface area (Å²) in [5.41, 5.74) is 3.43. The first-order valence-corrected chi connectivity index (χ1v) is 4.88. The van der Waals surface area contributed by atoms with Gasteiger partial charge in [-0.3, -0.25) is 0 Å². The van der Waals surface area contributed by atoms with Crippen LogP contribution >= 0.6 is 0 Å². The van der Waals surface area contributed by atoms with Crippen molar-refractivity contribution >= 4 is 0 Å². The van der Waals surface area contributed by atoms with Crippen LogP contribution in [-0.4, -0.2) is 0 Å². The zero-order chi connectivity index (χ0) is 10.5. The van der Waals surface area contributed by atoms with Crippen molar-refractivity contribution < 1.29 is 0 Å². The largest absolute Gasteiger partial charge is 0.312 e. The molecule has 0 aliphatic heterocycles. The average Bonchev–Trinajstić information content (AvgIpc) is 2.31. The van der Waals surface area contributed by atoms with E-state index in [2.05, 4.69) is 23.0 Å². The minimum Gasteiger partial charge on any atom is -0.312 e. The Kier molecular flexibility index (Phi) is 2.80. The zero-order valence-electron chi connectivity index (χ0n) is 8.35. The Hall–Kier alpha value is -2.07. The van der Waals surface area contributed by atoms with Gasteiger partial charge in [0.25, 0.3) is 0 Å². The lowest BCUT2D eigenvalue weighted by Gasteiger charge is -2.04. The molecular formula is C14H11N. The van der Waals surface area contributed by atoms with E-state index in [0.717, 1.165) is 11.1 Å². The van der Waals surface area contributed by atoms with Gasteiger partial charge in [0.1, 0.15) is 0 Å². The predicted molar refractivity (Wildman–Crippen MR) is 62.2 cm³/mol. The first-order chi connectivity index (χ1) is 7.42. The van der Waals surface area contributed by atoms with Gasteiger partial charge in [-0.05, 0) is 11.1 Å². The third-order valence-electron chi connectivity index (χ3n) is 2.35. The van der Waals surface area contributed by atoms with Crippen molar-refractivity contribution in [3.8, 4) is 11.1 Å². The molecule has 0 unspecified atom stereocenters. The van der Waals surface area contributed by atoms with Crippen molar-refractivity contribution in [2.24, 2.45) is 0 Å². The van der Waals surface area contributed by atoms with E-state index in [9.17, 15) is 0 Å². The lowest BCUT2D eigenvalue weighted by Crippen LogP contribution is -1.86. The molecule has 0 spiro atoms. The molecule has 0 N–H and O–H groups in total. The van der Waals surface area contributed by atoms with Gasteiger partial charge in [0, 0.05) is 5.56 Å². The van der Waals surface area contributed by atoms with Gasteiger partial charge in [-0.25, -0.2) is 6.57 Å². The standard InChI is InChI=1S/C14H11N/c1-15-11-13-9-5-6-10-14(13)12-7-3-2-4-8-12/h2-10H,11H2. The van der Waals surface area contributed by atoms with Crippen molar-refractivity contribution in [3.63, 3.8) is 0 Å². The molecule has 0 radical (unpaired) electrons. The fraction of sp³-hybridized carbons (Fsp3) is 0.0714. The number of hydrogen-bond donors (Lipinski definition) is 0. The third kappa shape index (κ3) is 2.05. The molecule has 2 rings (SSSR count). The first kappa shape index (κ1) is 9.48. The maximum absolute atomic E-state index is 6.92. The molecule has 0 heterocycles. The summed E-state index contributed by atoms with van der Waals surface area (Å²) in [6, 6.07) is 18.2. The van der Waals surface area contributed by atoms with Crippen LogP contribution in [0.3, 0.4) is 0 Å². The second kappa shape index (κ2) is 4.43. The van der Waals surface area contributed by atoms with E-state index in [1.807, 2.05) is 36.4 Å². The second-order valence-corrected chi connectivity index (χ2v) is 3.34. The highest BCUT2D eigenvalue weighted by Crippen LogP contribution is 2.23. The number of hydrogen-bond acceptors (Lipinski definition) is 0. The third-order valence-corrected chi connectivity index (χ3v) is 2.35. The smallest absolute Gasteiger partial charge is 0.240 e. The minimum absolute atomic E-state index is 0.449. The van der Waals surface area contributed by atoms with Crippen LogP contribution in [0, 0.1) is 6.57 Å². The van der Waals surface area contributed by atoms with E-state index in [1.54, 1.807) is 0 Å². The van der Waals surface area contributed by atoms with Gasteiger partial charge in [0.15, 0.2) is 0 Å². The van der Waals surface area contributed by atoms with E-state index in [0.29, 0.717) is 6.54 Å². The molecule has 0 fully saturated rings. The van der Waals surface area contributed by atoms with Crippen LogP contribution in [0.2, 0.25) is 0 Å². The number of rotatable bonds is 2. The molecule has 0 atom stereocenters. The molecule has 72 valence electrons. The fourth-order valence-electron chi connectivity index (χ4n) is 1.64. The highest BCUT2D eigenvalue weighted by Gasteiger charge is 2.04. The SMILES string of the molecule is [C-]#[N+]Cc1ccccc1-c1ccccc1. The van der Waals surface area contributed by atoms with Gasteiger partial charge in [-0.15, -0.1) is 0 Å². The van der Waals surface area contributed by atoms with E-state index in [4.69, 9.17) is 6.57 Å². The Morgan fingerprint density at radius 2 is 1.53 bits per heavy atom. The normalized spacial score (nSPS) is 9.53. The van der Waals surface area contributed by atoms with Crippen molar-refractivity contribution in [2.45, 2.75) is 6.54 Å². The number of benzene rings is 2. The zero-order valence-corrected chi connectivity index (χ0v) is 8.35. The molecule has 1 nitrogen and oxygen atoms in total. The predicted octanol–water partition coefficient (Wildman–Crippen LogP) is 3.77. The molecule has 2 aromatic rings. The molecule has 2 aromatic carbocycles. The van der Waals surface area contributed by atoms with Crippen LogP contribution in [0.4, 0.5) is 0 Å². The van der Waals surface area contributed by atoms with Crippen molar-refractivity contribution in [2.75, 3.05) is 0 Å². The second-order valence-electron chi connectivity index (χ2n) is 3.34. The fourth-order valence-corrected chi connectivity index (χ4v) is 1.64. The summed E-state index contributed by atoms with van der Waals surface area (Å²) in [4.78, 5) is 3.44. The molecule has 1 heteroatoms. The summed E-state index contributed by atoms with van der Waals surface area (Å²) < 4.78 is 0. The Labute approximate surface area is 89.8 Å². The van der Waals surface area contributed by atoms with E-state index < -0.39 is 0 Å². The van der Waals surface area contributed by atoms with E-state index >= 15 is 0 Å². The average molecular weight is 193 g/mol. The highest BCUT2D eigenvalue weighted by molar-refractivity contribution is 5.67. The molecule has 0 saturated heterocycles. The molecule has 0 amide bonds. The Morgan fingerprint density at radius 1 is 0.867 bits per heavy atom. The topological polar surface area (TPSA) is 4.36 Å². The molecule has 0 aliphatic rings. The van der Waals surface area contributed by atoms with Crippen LogP contribution in [-0.2, 0) is 6.54 Å². The first-order valence-electron chi connectivity index (χ1n) is 4.88. The van der Waals surface area contributed by atoms with Crippen molar-refractivity contribution in [1.82, 2.24) is 0 Å². The van der Waals surface area contributed by atoms with Gasteiger partial charge in [0.05, 0.1) is 0 Å². The quantitative estimate of drug-likeness (QED) is 0.639. The minimum atomic E-state index is 0.449. The lowest BCUT2D eigenvalue weighted by molar-refractivity contribution is 1.27. The van der Waals surface area contributed by atoms with E-state index in [-0.39, 0.29) is 0 Å². The number of nitrogens with zero attached hydrogens (tertiary/aromatic N) is 1. The summed E-state index contributed by atoms with van der Waals surface area (Å²) in [5, 5.41) is 0. The summed E-state index contributed by atoms with van der Waals surface area (Å²) in [6.45, 7) is 7.37. The Balaban J connectivity index is 2.49. The monoisotopic (exact) mass is 193 g/mol. The van der Waals surface area contributed by atoms with Gasteiger partial charge >= 0.3 is 0 Å². The molecular weight excluding hydrogens is 182 g/mol. The summed E-state index contributed by atoms with van der Waals surface area (Å²) >= 11 is 0. The van der Waals surface area contributed by atoms with Gasteiger partial charge in [-0.2, -0.15) is 0 Å². The highest BCUT2D eigenvalue weighted by atomic mass is 14.6. The molecule has 15 heavy (non-hydrogen) atoms. The molecule has 0 bridgehead atoms. The van der Waals surface area contributed by atoms with Crippen LogP contribution in [0.15, 0.2) is 54.6 Å². The van der Waals surface area contributed by atoms with Crippen LogP contribution in [0.25, 0.3) is 16.0 Å². The van der Waals surface area contributed by atoms with Crippen LogP contribution < -0.4 is 0 Å². The lowest BCUT2D eigenvalue weighted by atomic mass is 10.00. The molecule has 0 aromatic heterocycles. The Bertz CT molecular complexity index is 480. The Morgan fingerprint density at radius 3 is 2.27 bits per heavy atom. The van der Waals surface area contributed by atoms with Crippen LogP contribution in [0.5, 0.6) is 0 Å². The molecule has 0 saturated carbocycles. The van der Waals surface area contributed by atoms with Crippen molar-refractivity contribution in [3.05, 3.63) is 71.6 Å². The summed E-state index contributed by atoms with van der Waals surface area (Å²) in [7, 11) is 0. The van der Waals surface area contributed by atoms with Gasteiger partial charge < -0.3 is 4.85 Å². The van der Waals surface area contributed by atoms with Crippen LogP contribution in [0.1, 0.15) is 5.56 Å². The molecule has 0 aliphatic carbocycles.